The summed E-state index contributed by atoms with van der Waals surface area (Å²) in [6.07, 6.45) is 4.67. The fourth-order valence-corrected chi connectivity index (χ4v) is 4.53. The van der Waals surface area contributed by atoms with Gasteiger partial charge in [-0.05, 0) is 29.3 Å². The molecule has 0 aliphatic rings. The largest absolute Gasteiger partial charge is 0.361 e. The van der Waals surface area contributed by atoms with Crippen molar-refractivity contribution in [1.29, 1.82) is 0 Å². The first-order valence-electron chi connectivity index (χ1n) is 9.80. The Morgan fingerprint density at radius 2 is 2.03 bits per heavy atom. The van der Waals surface area contributed by atoms with Crippen molar-refractivity contribution in [3.05, 3.63) is 82.0 Å². The van der Waals surface area contributed by atoms with Crippen LogP contribution < -0.4 is 10.6 Å². The highest BCUT2D eigenvalue weighted by Crippen LogP contribution is 2.23. The molecule has 6 nitrogen and oxygen atoms in total. The van der Waals surface area contributed by atoms with Gasteiger partial charge in [0.1, 0.15) is 6.04 Å². The number of fused-ring (bicyclic) bond motifs is 1. The van der Waals surface area contributed by atoms with Gasteiger partial charge >= 0.3 is 0 Å². The van der Waals surface area contributed by atoms with Crippen LogP contribution in [0.5, 0.6) is 0 Å². The van der Waals surface area contributed by atoms with Crippen LogP contribution in [0.4, 0.5) is 5.13 Å². The van der Waals surface area contributed by atoms with Crippen LogP contribution in [-0.2, 0) is 22.4 Å². The zero-order valence-electron chi connectivity index (χ0n) is 16.8. The van der Waals surface area contributed by atoms with Gasteiger partial charge in [-0.2, -0.15) is 0 Å². The van der Waals surface area contributed by atoms with Crippen LogP contribution in [0.15, 0.2) is 60.9 Å². The Morgan fingerprint density at radius 1 is 1.19 bits per heavy atom. The van der Waals surface area contributed by atoms with Crippen LogP contribution in [-0.4, -0.2) is 27.8 Å². The highest BCUT2D eigenvalue weighted by Gasteiger charge is 2.22. The zero-order valence-corrected chi connectivity index (χ0v) is 18.4. The fourth-order valence-electron chi connectivity index (χ4n) is 3.46. The van der Waals surface area contributed by atoms with E-state index in [1.165, 1.54) is 18.3 Å². The number of hydrogen-bond acceptors (Lipinski definition) is 4. The number of aromatic nitrogens is 2. The summed E-state index contributed by atoms with van der Waals surface area (Å²) in [4.78, 5) is 33.2. The van der Waals surface area contributed by atoms with Gasteiger partial charge in [0.25, 0.3) is 0 Å². The van der Waals surface area contributed by atoms with Crippen molar-refractivity contribution >= 4 is 50.8 Å². The summed E-state index contributed by atoms with van der Waals surface area (Å²) in [5, 5.41) is 7.81. The average molecular weight is 453 g/mol. The fraction of sp³-hybridized carbons (Fsp3) is 0.174. The Morgan fingerprint density at radius 3 is 2.84 bits per heavy atom. The molecule has 0 fully saturated rings. The summed E-state index contributed by atoms with van der Waals surface area (Å²) in [5.41, 5.74) is 3.03. The molecule has 3 N–H and O–H groups in total. The smallest absolute Gasteiger partial charge is 0.249 e. The Bertz CT molecular complexity index is 1230. The lowest BCUT2D eigenvalue weighted by atomic mass is 10.0. The van der Waals surface area contributed by atoms with E-state index in [2.05, 4.69) is 20.6 Å². The number of para-hydroxylation sites is 1. The molecule has 0 radical (unpaired) electrons. The van der Waals surface area contributed by atoms with Crippen LogP contribution in [0.25, 0.3) is 10.9 Å². The first kappa shape index (κ1) is 21.1. The van der Waals surface area contributed by atoms with E-state index in [9.17, 15) is 9.59 Å². The minimum absolute atomic E-state index is 0.263. The van der Waals surface area contributed by atoms with Crippen molar-refractivity contribution in [2.45, 2.75) is 25.8 Å². The molecular formula is C23H21ClN4O2S. The molecule has 2 aromatic carbocycles. The maximum absolute atomic E-state index is 12.9. The van der Waals surface area contributed by atoms with Gasteiger partial charge in [-0.15, -0.1) is 11.3 Å². The number of nitrogens with one attached hydrogen (secondary N) is 3. The second kappa shape index (κ2) is 9.32. The van der Waals surface area contributed by atoms with Gasteiger partial charge in [0.15, 0.2) is 5.13 Å². The number of rotatable bonds is 7. The Hall–Kier alpha value is -3.16. The summed E-state index contributed by atoms with van der Waals surface area (Å²) in [6, 6.07) is 14.8. The van der Waals surface area contributed by atoms with Crippen LogP contribution in [0.1, 0.15) is 22.9 Å². The molecule has 0 aliphatic heterocycles. The van der Waals surface area contributed by atoms with Crippen LogP contribution >= 0.6 is 22.9 Å². The van der Waals surface area contributed by atoms with Crippen molar-refractivity contribution in [3.8, 4) is 0 Å². The number of hydrogen-bond donors (Lipinski definition) is 3. The number of aromatic amines is 1. The molecule has 0 bridgehead atoms. The highest BCUT2D eigenvalue weighted by molar-refractivity contribution is 7.15. The molecular weight excluding hydrogens is 432 g/mol. The van der Waals surface area contributed by atoms with Gasteiger partial charge in [0.2, 0.25) is 11.8 Å². The lowest BCUT2D eigenvalue weighted by Gasteiger charge is -2.16. The summed E-state index contributed by atoms with van der Waals surface area (Å²) in [6.45, 7) is 1.40. The molecule has 2 heterocycles. The standard InChI is InChI=1S/C23H21ClN4O2S/c1-14(29)27-21(11-16-12-25-20-8-3-2-7-19(16)20)22(30)28-23-26-13-18(31-23)10-15-5-4-6-17(24)9-15/h2-9,12-13,21,25H,10-11H2,1H3,(H,27,29)(H,26,28,30)/t21-/m1/s1. The number of carbonyl (C=O) groups excluding carboxylic acids is 2. The summed E-state index contributed by atoms with van der Waals surface area (Å²) in [5.74, 6) is -0.565. The number of benzene rings is 2. The molecule has 2 amide bonds. The topological polar surface area (TPSA) is 86.9 Å². The SMILES string of the molecule is CC(=O)N[C@H](Cc1c[nH]c2ccccc12)C(=O)Nc1ncc(Cc2cccc(Cl)c2)s1. The van der Waals surface area contributed by atoms with Gasteiger partial charge in [0.05, 0.1) is 0 Å². The van der Waals surface area contributed by atoms with Crippen LogP contribution in [0, 0.1) is 0 Å². The lowest BCUT2D eigenvalue weighted by Crippen LogP contribution is -2.44. The number of thiazole rings is 1. The minimum atomic E-state index is -0.711. The molecule has 0 aliphatic carbocycles. The van der Waals surface area contributed by atoms with Crippen molar-refractivity contribution in [2.75, 3.05) is 5.32 Å². The molecule has 0 spiro atoms. The number of anilines is 1. The Labute approximate surface area is 188 Å². The quantitative estimate of drug-likeness (QED) is 0.384. The summed E-state index contributed by atoms with van der Waals surface area (Å²) >= 11 is 7.45. The third-order valence-corrected chi connectivity index (χ3v) is 5.99. The second-order valence-corrected chi connectivity index (χ2v) is 8.80. The lowest BCUT2D eigenvalue weighted by molar-refractivity contribution is -0.125. The van der Waals surface area contributed by atoms with Gasteiger partial charge < -0.3 is 15.6 Å². The molecule has 0 saturated heterocycles. The molecule has 31 heavy (non-hydrogen) atoms. The van der Waals surface area contributed by atoms with Gasteiger partial charge in [0, 0.05) is 53.0 Å². The van der Waals surface area contributed by atoms with Crippen molar-refractivity contribution < 1.29 is 9.59 Å². The molecule has 4 aromatic rings. The molecule has 158 valence electrons. The third-order valence-electron chi connectivity index (χ3n) is 4.84. The Balaban J connectivity index is 1.46. The van der Waals surface area contributed by atoms with Gasteiger partial charge in [-0.1, -0.05) is 41.9 Å². The Kier molecular flexibility index (Phi) is 6.34. The zero-order chi connectivity index (χ0) is 21.8. The molecule has 0 saturated carbocycles. The van der Waals surface area contributed by atoms with Gasteiger partial charge in [-0.3, -0.25) is 9.59 Å². The highest BCUT2D eigenvalue weighted by atomic mass is 35.5. The molecule has 1 atom stereocenters. The molecule has 8 heteroatoms. The third kappa shape index (κ3) is 5.31. The number of H-pyrrole nitrogens is 1. The maximum atomic E-state index is 12.9. The van der Waals surface area contributed by atoms with Crippen molar-refractivity contribution in [1.82, 2.24) is 15.3 Å². The van der Waals surface area contributed by atoms with Crippen molar-refractivity contribution in [3.63, 3.8) is 0 Å². The summed E-state index contributed by atoms with van der Waals surface area (Å²) in [7, 11) is 0. The minimum Gasteiger partial charge on any atom is -0.361 e. The van der Waals surface area contributed by atoms with Gasteiger partial charge in [-0.25, -0.2) is 4.98 Å². The van der Waals surface area contributed by atoms with Crippen molar-refractivity contribution in [2.24, 2.45) is 0 Å². The van der Waals surface area contributed by atoms with E-state index in [0.717, 1.165) is 26.9 Å². The summed E-state index contributed by atoms with van der Waals surface area (Å²) < 4.78 is 0. The van der Waals surface area contributed by atoms with Crippen LogP contribution in [0.2, 0.25) is 5.02 Å². The second-order valence-electron chi connectivity index (χ2n) is 7.24. The van der Waals surface area contributed by atoms with E-state index in [-0.39, 0.29) is 11.8 Å². The van der Waals surface area contributed by atoms with E-state index in [1.54, 1.807) is 6.20 Å². The van der Waals surface area contributed by atoms with E-state index in [4.69, 9.17) is 11.6 Å². The number of nitrogens with zero attached hydrogens (tertiary/aromatic N) is 1. The predicted molar refractivity (Wildman–Crippen MR) is 125 cm³/mol. The molecule has 2 aromatic heterocycles. The normalized spacial score (nSPS) is 11.9. The number of amides is 2. The maximum Gasteiger partial charge on any atom is 0.249 e. The van der Waals surface area contributed by atoms with E-state index in [1.807, 2.05) is 54.7 Å². The molecule has 0 unspecified atom stereocenters. The van der Waals surface area contributed by atoms with E-state index < -0.39 is 6.04 Å². The van der Waals surface area contributed by atoms with E-state index in [0.29, 0.717) is 23.0 Å². The first-order valence-corrected chi connectivity index (χ1v) is 11.0. The average Bonchev–Trinajstić information content (AvgIpc) is 3.34. The number of halogens is 1. The first-order chi connectivity index (χ1) is 15.0. The predicted octanol–water partition coefficient (Wildman–Crippen LogP) is 4.55. The van der Waals surface area contributed by atoms with E-state index >= 15 is 0 Å². The monoisotopic (exact) mass is 452 g/mol. The van der Waals surface area contributed by atoms with Crippen LogP contribution in [0.3, 0.4) is 0 Å². The molecule has 4 rings (SSSR count). The number of carbonyl (C=O) groups is 2.